The molecule has 9 heteroatoms. The molecular formula is C23H23N9. The molecule has 1 aromatic carbocycles. The number of benzene rings is 1. The number of aromatic nitrogens is 7. The summed E-state index contributed by atoms with van der Waals surface area (Å²) in [5, 5.41) is 14.9. The average molecular weight is 426 g/mol. The topological polar surface area (TPSA) is 114 Å². The van der Waals surface area contributed by atoms with Crippen molar-refractivity contribution in [3.8, 4) is 11.3 Å². The second-order valence-electron chi connectivity index (χ2n) is 8.26. The number of pyridine rings is 1. The molecule has 6 rings (SSSR count). The number of aryl methyl sites for hydroxylation is 1. The van der Waals surface area contributed by atoms with Crippen LogP contribution in [-0.2, 0) is 6.54 Å². The lowest BCUT2D eigenvalue weighted by atomic mass is 10.1. The number of nitrogen functional groups attached to an aromatic ring is 1. The van der Waals surface area contributed by atoms with Crippen LogP contribution in [0.1, 0.15) is 24.1 Å². The molecule has 5 aromatic rings. The first-order valence-electron chi connectivity index (χ1n) is 10.8. The fourth-order valence-electron chi connectivity index (χ4n) is 4.64. The molecule has 9 nitrogen and oxygen atoms in total. The molecule has 0 atom stereocenters. The molecule has 1 aliphatic rings. The van der Waals surface area contributed by atoms with Crippen molar-refractivity contribution >= 4 is 33.4 Å². The summed E-state index contributed by atoms with van der Waals surface area (Å²) in [6.07, 6.45) is 7.39. The molecule has 0 unspecified atom stereocenters. The summed E-state index contributed by atoms with van der Waals surface area (Å²) < 4.78 is 1.85. The van der Waals surface area contributed by atoms with E-state index in [1.54, 1.807) is 12.4 Å². The van der Waals surface area contributed by atoms with E-state index in [4.69, 9.17) is 15.8 Å². The minimum absolute atomic E-state index is 0.400. The van der Waals surface area contributed by atoms with Crippen molar-refractivity contribution < 1.29 is 0 Å². The molecule has 1 saturated heterocycles. The van der Waals surface area contributed by atoms with Crippen LogP contribution >= 0.6 is 0 Å². The molecule has 160 valence electrons. The van der Waals surface area contributed by atoms with Crippen molar-refractivity contribution in [2.24, 2.45) is 0 Å². The van der Waals surface area contributed by atoms with E-state index in [1.165, 1.54) is 35.5 Å². The monoisotopic (exact) mass is 425 g/mol. The van der Waals surface area contributed by atoms with E-state index in [-0.39, 0.29) is 0 Å². The highest BCUT2D eigenvalue weighted by Crippen LogP contribution is 2.33. The summed E-state index contributed by atoms with van der Waals surface area (Å²) in [4.78, 5) is 16.2. The normalized spacial score (nSPS) is 14.1. The van der Waals surface area contributed by atoms with Gasteiger partial charge in [-0.05, 0) is 36.8 Å². The van der Waals surface area contributed by atoms with Gasteiger partial charge in [0.1, 0.15) is 23.7 Å². The number of fused-ring (bicyclic) bond motifs is 2. The first-order chi connectivity index (χ1) is 15.7. The molecule has 0 radical (unpaired) electrons. The Labute approximate surface area is 184 Å². The Morgan fingerprint density at radius 3 is 2.81 bits per heavy atom. The van der Waals surface area contributed by atoms with Crippen LogP contribution in [0.2, 0.25) is 0 Å². The van der Waals surface area contributed by atoms with E-state index in [0.717, 1.165) is 35.6 Å². The summed E-state index contributed by atoms with van der Waals surface area (Å²) in [5.41, 5.74) is 10.6. The van der Waals surface area contributed by atoms with Gasteiger partial charge >= 0.3 is 0 Å². The molecule has 0 aliphatic carbocycles. The smallest absolute Gasteiger partial charge is 0.164 e. The van der Waals surface area contributed by atoms with Gasteiger partial charge in [0.05, 0.1) is 23.8 Å². The van der Waals surface area contributed by atoms with Gasteiger partial charge in [-0.25, -0.2) is 19.6 Å². The van der Waals surface area contributed by atoms with Crippen LogP contribution < -0.4 is 10.6 Å². The van der Waals surface area contributed by atoms with Crippen molar-refractivity contribution in [3.63, 3.8) is 0 Å². The Bertz CT molecular complexity index is 1430. The zero-order chi connectivity index (χ0) is 21.7. The van der Waals surface area contributed by atoms with E-state index in [0.29, 0.717) is 23.7 Å². The molecule has 4 aromatic heterocycles. The van der Waals surface area contributed by atoms with E-state index in [1.807, 2.05) is 4.68 Å². The Morgan fingerprint density at radius 1 is 1.12 bits per heavy atom. The SMILES string of the molecule is Cc1cccc2cc(Cn3nc(-c4cn[nH]c4)c4c(N)ncnc43)nc(N3CCCC3)c12. The number of hydrogen-bond acceptors (Lipinski definition) is 7. The third kappa shape index (κ3) is 2.96. The first kappa shape index (κ1) is 18.7. The first-order valence-corrected chi connectivity index (χ1v) is 10.8. The Balaban J connectivity index is 1.51. The standard InChI is InChI=1S/C23H23N9/c1-14-5-4-6-15-9-17(29-23(18(14)15)31-7-2-3-8-31)12-32-22-19(21(24)25-13-26-22)20(30-32)16-10-27-28-11-16/h4-6,9-11,13H,2-3,7-8,12H2,1H3,(H,27,28)(H2,24,25,26). The molecule has 1 aliphatic heterocycles. The lowest BCUT2D eigenvalue weighted by Crippen LogP contribution is -2.20. The number of nitrogens with two attached hydrogens (primary N) is 1. The van der Waals surface area contributed by atoms with Crippen LogP contribution in [0.4, 0.5) is 11.6 Å². The summed E-state index contributed by atoms with van der Waals surface area (Å²) in [6, 6.07) is 8.56. The van der Waals surface area contributed by atoms with Crippen LogP contribution in [0.3, 0.4) is 0 Å². The van der Waals surface area contributed by atoms with E-state index in [9.17, 15) is 0 Å². The van der Waals surface area contributed by atoms with Crippen molar-refractivity contribution in [2.75, 3.05) is 23.7 Å². The molecular weight excluding hydrogens is 402 g/mol. The fourth-order valence-corrected chi connectivity index (χ4v) is 4.64. The molecule has 5 heterocycles. The summed E-state index contributed by atoms with van der Waals surface area (Å²) in [6.45, 7) is 4.72. The van der Waals surface area contributed by atoms with Gasteiger partial charge in [-0.3, -0.25) is 5.10 Å². The van der Waals surface area contributed by atoms with Gasteiger partial charge in [-0.1, -0.05) is 18.2 Å². The number of H-pyrrole nitrogens is 1. The number of hydrogen-bond donors (Lipinski definition) is 2. The van der Waals surface area contributed by atoms with Crippen LogP contribution in [0, 0.1) is 6.92 Å². The maximum atomic E-state index is 6.21. The van der Waals surface area contributed by atoms with Crippen LogP contribution in [-0.4, -0.2) is 48.0 Å². The summed E-state index contributed by atoms with van der Waals surface area (Å²) in [5.74, 6) is 1.46. The zero-order valence-electron chi connectivity index (χ0n) is 17.8. The van der Waals surface area contributed by atoms with E-state index < -0.39 is 0 Å². The van der Waals surface area contributed by atoms with Gasteiger partial charge in [-0.2, -0.15) is 10.2 Å². The largest absolute Gasteiger partial charge is 0.383 e. The molecule has 0 amide bonds. The van der Waals surface area contributed by atoms with Gasteiger partial charge in [0, 0.05) is 30.2 Å². The Morgan fingerprint density at radius 2 is 2.00 bits per heavy atom. The van der Waals surface area contributed by atoms with Gasteiger partial charge in [0.25, 0.3) is 0 Å². The van der Waals surface area contributed by atoms with Gasteiger partial charge in [0.2, 0.25) is 0 Å². The van der Waals surface area contributed by atoms with Crippen molar-refractivity contribution in [2.45, 2.75) is 26.3 Å². The number of nitrogens with one attached hydrogen (secondary N) is 1. The molecule has 0 spiro atoms. The van der Waals surface area contributed by atoms with Crippen molar-refractivity contribution in [3.05, 3.63) is 54.2 Å². The summed E-state index contributed by atoms with van der Waals surface area (Å²) in [7, 11) is 0. The number of nitrogens with zero attached hydrogens (tertiary/aromatic N) is 7. The van der Waals surface area contributed by atoms with Crippen LogP contribution in [0.15, 0.2) is 43.0 Å². The minimum Gasteiger partial charge on any atom is -0.383 e. The van der Waals surface area contributed by atoms with Crippen LogP contribution in [0.5, 0.6) is 0 Å². The summed E-state index contributed by atoms with van der Waals surface area (Å²) >= 11 is 0. The molecule has 32 heavy (non-hydrogen) atoms. The van der Waals surface area contributed by atoms with Gasteiger partial charge in [0.15, 0.2) is 5.65 Å². The number of rotatable bonds is 4. The highest BCUT2D eigenvalue weighted by molar-refractivity contribution is 5.98. The molecule has 0 saturated carbocycles. The lowest BCUT2D eigenvalue weighted by Gasteiger charge is -2.21. The number of anilines is 2. The third-order valence-corrected chi connectivity index (χ3v) is 6.15. The van der Waals surface area contributed by atoms with E-state index >= 15 is 0 Å². The predicted octanol–water partition coefficient (Wildman–Crippen LogP) is 3.30. The van der Waals surface area contributed by atoms with Gasteiger partial charge in [-0.15, -0.1) is 0 Å². The lowest BCUT2D eigenvalue weighted by molar-refractivity contribution is 0.691. The van der Waals surface area contributed by atoms with Gasteiger partial charge < -0.3 is 10.6 Å². The molecule has 1 fully saturated rings. The zero-order valence-corrected chi connectivity index (χ0v) is 17.8. The quantitative estimate of drug-likeness (QED) is 0.454. The van der Waals surface area contributed by atoms with Crippen molar-refractivity contribution in [1.82, 2.24) is 34.9 Å². The molecule has 3 N–H and O–H groups in total. The second-order valence-corrected chi connectivity index (χ2v) is 8.26. The third-order valence-electron chi connectivity index (χ3n) is 6.15. The maximum absolute atomic E-state index is 6.21. The highest BCUT2D eigenvalue weighted by Gasteiger charge is 2.21. The minimum atomic E-state index is 0.400. The number of aromatic amines is 1. The average Bonchev–Trinajstić information content (AvgIpc) is 3.55. The Kier molecular flexibility index (Phi) is 4.27. The maximum Gasteiger partial charge on any atom is 0.164 e. The predicted molar refractivity (Wildman–Crippen MR) is 124 cm³/mol. The molecule has 0 bridgehead atoms. The Hall–Kier alpha value is -4.01. The fraction of sp³-hybridized carbons (Fsp3) is 0.261. The van der Waals surface area contributed by atoms with Crippen molar-refractivity contribution in [1.29, 1.82) is 0 Å². The van der Waals surface area contributed by atoms with Crippen LogP contribution in [0.25, 0.3) is 33.1 Å². The second kappa shape index (κ2) is 7.30. The highest BCUT2D eigenvalue weighted by atomic mass is 15.3. The van der Waals surface area contributed by atoms with E-state index in [2.05, 4.69) is 56.3 Å².